The van der Waals surface area contributed by atoms with E-state index in [0.29, 0.717) is 19.3 Å². The molecule has 0 aliphatic carbocycles. The Hall–Kier alpha value is -1.59. The van der Waals surface area contributed by atoms with Crippen molar-refractivity contribution in [3.63, 3.8) is 0 Å². The predicted octanol–water partition coefficient (Wildman–Crippen LogP) is 19.7. The summed E-state index contributed by atoms with van der Waals surface area (Å²) in [4.78, 5) is 38.2. The number of unbranched alkanes of at least 4 members (excludes halogenated alkanes) is 38. The van der Waals surface area contributed by atoms with Crippen LogP contribution in [-0.2, 0) is 28.6 Å². The summed E-state index contributed by atoms with van der Waals surface area (Å²) in [6.45, 7) is 11.4. The summed E-state index contributed by atoms with van der Waals surface area (Å²) in [5.74, 6) is 0.858. The number of hydrogen-bond acceptors (Lipinski definition) is 6. The van der Waals surface area contributed by atoms with Gasteiger partial charge in [0, 0.05) is 19.3 Å². The summed E-state index contributed by atoms with van der Waals surface area (Å²) in [5.41, 5.74) is 0. The Morgan fingerprint density at radius 3 is 0.864 bits per heavy atom. The minimum absolute atomic E-state index is 0.0629. The number of esters is 3. The Labute approximate surface area is 412 Å². The van der Waals surface area contributed by atoms with Crippen LogP contribution in [0.25, 0.3) is 0 Å². The molecule has 0 radical (unpaired) electrons. The largest absolute Gasteiger partial charge is 0.462 e. The summed E-state index contributed by atoms with van der Waals surface area (Å²) in [6.07, 6.45) is 56.6. The Bertz CT molecular complexity index is 1010. The molecule has 0 heterocycles. The molecule has 0 aromatic rings. The minimum atomic E-state index is -0.763. The van der Waals surface area contributed by atoms with Crippen molar-refractivity contribution >= 4 is 17.9 Å². The van der Waals surface area contributed by atoms with E-state index in [2.05, 4.69) is 34.6 Å². The standard InChI is InChI=1S/C60H116O6/c1-6-8-9-10-11-12-13-14-15-16-17-20-24-27-30-37-42-47-52-60(63)66-57(54-65-59(62)51-46-41-36-32-31-34-39-44-49-56(5)7-2)53-64-58(61)50-45-40-35-29-26-23-21-18-19-22-25-28-33-38-43-48-55(3)4/h55-57H,6-54H2,1-5H3/t56?,57-/m0/s1. The van der Waals surface area contributed by atoms with Gasteiger partial charge >= 0.3 is 17.9 Å². The summed E-state index contributed by atoms with van der Waals surface area (Å²) >= 11 is 0. The van der Waals surface area contributed by atoms with Crippen molar-refractivity contribution in [1.29, 1.82) is 0 Å². The smallest absolute Gasteiger partial charge is 0.306 e. The zero-order valence-corrected chi connectivity index (χ0v) is 45.3. The number of rotatable bonds is 54. The molecule has 0 fully saturated rings. The van der Waals surface area contributed by atoms with Gasteiger partial charge < -0.3 is 14.2 Å². The molecule has 2 atom stereocenters. The molecule has 6 nitrogen and oxygen atoms in total. The molecule has 0 rings (SSSR count). The average molecular weight is 934 g/mol. The first-order valence-electron chi connectivity index (χ1n) is 29.8. The van der Waals surface area contributed by atoms with Gasteiger partial charge in [-0.1, -0.05) is 298 Å². The highest BCUT2D eigenvalue weighted by atomic mass is 16.6. The van der Waals surface area contributed by atoms with Gasteiger partial charge in [-0.3, -0.25) is 14.4 Å². The molecule has 0 saturated carbocycles. The SMILES string of the molecule is CCCCCCCCCCCCCCCCCCCCC(=O)O[C@@H](COC(=O)CCCCCCCCCCCCCCCCCC(C)C)COC(=O)CCCCCCCCCCC(C)CC. The third-order valence-corrected chi connectivity index (χ3v) is 14.1. The molecule has 0 aliphatic heterocycles. The van der Waals surface area contributed by atoms with Crippen LogP contribution in [0.15, 0.2) is 0 Å². The van der Waals surface area contributed by atoms with Gasteiger partial charge in [0.05, 0.1) is 0 Å². The van der Waals surface area contributed by atoms with Gasteiger partial charge in [-0.2, -0.15) is 0 Å². The third-order valence-electron chi connectivity index (χ3n) is 14.1. The maximum atomic E-state index is 12.9. The molecule has 392 valence electrons. The van der Waals surface area contributed by atoms with Crippen LogP contribution in [0.1, 0.15) is 336 Å². The van der Waals surface area contributed by atoms with E-state index < -0.39 is 6.10 Å². The molecule has 0 aromatic carbocycles. The monoisotopic (exact) mass is 933 g/mol. The van der Waals surface area contributed by atoms with Crippen LogP contribution in [0.3, 0.4) is 0 Å². The van der Waals surface area contributed by atoms with Crippen LogP contribution in [0.4, 0.5) is 0 Å². The lowest BCUT2D eigenvalue weighted by atomic mass is 9.99. The van der Waals surface area contributed by atoms with E-state index in [0.717, 1.165) is 69.6 Å². The molecule has 0 spiro atoms. The molecule has 0 aliphatic rings. The molecule has 6 heteroatoms. The van der Waals surface area contributed by atoms with E-state index in [1.165, 1.54) is 225 Å². The molecular weight excluding hydrogens is 817 g/mol. The van der Waals surface area contributed by atoms with Crippen LogP contribution in [0.2, 0.25) is 0 Å². The number of hydrogen-bond donors (Lipinski definition) is 0. The van der Waals surface area contributed by atoms with Gasteiger partial charge in [0.25, 0.3) is 0 Å². The molecule has 66 heavy (non-hydrogen) atoms. The maximum absolute atomic E-state index is 12.9. The fourth-order valence-electron chi connectivity index (χ4n) is 9.20. The Morgan fingerprint density at radius 1 is 0.318 bits per heavy atom. The van der Waals surface area contributed by atoms with Crippen molar-refractivity contribution in [3.8, 4) is 0 Å². The zero-order valence-electron chi connectivity index (χ0n) is 45.3. The fraction of sp³-hybridized carbons (Fsp3) is 0.950. The molecule has 0 bridgehead atoms. The molecule has 0 N–H and O–H groups in total. The Morgan fingerprint density at radius 2 is 0.576 bits per heavy atom. The van der Waals surface area contributed by atoms with Crippen LogP contribution in [0, 0.1) is 11.8 Å². The van der Waals surface area contributed by atoms with Crippen LogP contribution in [-0.4, -0.2) is 37.2 Å². The zero-order chi connectivity index (χ0) is 48.2. The van der Waals surface area contributed by atoms with Gasteiger partial charge in [0.15, 0.2) is 6.10 Å². The third kappa shape index (κ3) is 51.8. The lowest BCUT2D eigenvalue weighted by Gasteiger charge is -2.18. The van der Waals surface area contributed by atoms with Crippen LogP contribution >= 0.6 is 0 Å². The van der Waals surface area contributed by atoms with Gasteiger partial charge in [-0.25, -0.2) is 0 Å². The van der Waals surface area contributed by atoms with E-state index in [9.17, 15) is 14.4 Å². The van der Waals surface area contributed by atoms with E-state index in [1.54, 1.807) is 0 Å². The van der Waals surface area contributed by atoms with Gasteiger partial charge in [0.1, 0.15) is 13.2 Å². The van der Waals surface area contributed by atoms with E-state index in [4.69, 9.17) is 14.2 Å². The highest BCUT2D eigenvalue weighted by Gasteiger charge is 2.19. The van der Waals surface area contributed by atoms with Gasteiger partial charge in [-0.05, 0) is 31.1 Å². The predicted molar refractivity (Wildman–Crippen MR) is 284 cm³/mol. The lowest BCUT2D eigenvalue weighted by molar-refractivity contribution is -0.167. The molecule has 0 aromatic heterocycles. The second kappa shape index (κ2) is 52.8. The molecular formula is C60H116O6. The first kappa shape index (κ1) is 64.4. The molecule has 0 amide bonds. The van der Waals surface area contributed by atoms with Crippen LogP contribution < -0.4 is 0 Å². The van der Waals surface area contributed by atoms with Crippen molar-refractivity contribution in [1.82, 2.24) is 0 Å². The number of carbonyl (C=O) groups is 3. The maximum Gasteiger partial charge on any atom is 0.306 e. The highest BCUT2D eigenvalue weighted by Crippen LogP contribution is 2.19. The van der Waals surface area contributed by atoms with Crippen molar-refractivity contribution < 1.29 is 28.6 Å². The van der Waals surface area contributed by atoms with E-state index >= 15 is 0 Å². The van der Waals surface area contributed by atoms with Gasteiger partial charge in [0.2, 0.25) is 0 Å². The first-order chi connectivity index (χ1) is 32.3. The van der Waals surface area contributed by atoms with Crippen molar-refractivity contribution in [3.05, 3.63) is 0 Å². The quantitative estimate of drug-likeness (QED) is 0.0343. The van der Waals surface area contributed by atoms with Gasteiger partial charge in [-0.15, -0.1) is 0 Å². The average Bonchev–Trinajstić information content (AvgIpc) is 3.30. The number of ether oxygens (including phenoxy) is 3. The minimum Gasteiger partial charge on any atom is -0.462 e. The first-order valence-corrected chi connectivity index (χ1v) is 29.8. The van der Waals surface area contributed by atoms with Crippen molar-refractivity contribution in [2.75, 3.05) is 13.2 Å². The fourth-order valence-corrected chi connectivity index (χ4v) is 9.20. The molecule has 0 saturated heterocycles. The second-order valence-electron chi connectivity index (χ2n) is 21.4. The van der Waals surface area contributed by atoms with E-state index in [1.807, 2.05) is 0 Å². The number of carbonyl (C=O) groups excluding carboxylic acids is 3. The summed E-state index contributed by atoms with van der Waals surface area (Å²) < 4.78 is 16.9. The summed E-state index contributed by atoms with van der Waals surface area (Å²) in [6, 6.07) is 0. The van der Waals surface area contributed by atoms with E-state index in [-0.39, 0.29) is 31.1 Å². The normalized spacial score (nSPS) is 12.5. The van der Waals surface area contributed by atoms with Crippen molar-refractivity contribution in [2.24, 2.45) is 11.8 Å². The highest BCUT2D eigenvalue weighted by molar-refractivity contribution is 5.71. The Kier molecular flexibility index (Phi) is 51.5. The molecule has 1 unspecified atom stereocenters. The Balaban J connectivity index is 4.27. The second-order valence-corrected chi connectivity index (χ2v) is 21.4. The van der Waals surface area contributed by atoms with Crippen molar-refractivity contribution in [2.45, 2.75) is 343 Å². The van der Waals surface area contributed by atoms with Crippen LogP contribution in [0.5, 0.6) is 0 Å². The lowest BCUT2D eigenvalue weighted by Crippen LogP contribution is -2.30. The topological polar surface area (TPSA) is 78.9 Å². The summed E-state index contributed by atoms with van der Waals surface area (Å²) in [7, 11) is 0. The summed E-state index contributed by atoms with van der Waals surface area (Å²) in [5, 5.41) is 0.